The molecule has 0 aliphatic heterocycles. The first kappa shape index (κ1) is 15.7. The monoisotopic (exact) mass is 246 g/mol. The maximum absolute atomic E-state index is 11.8. The summed E-state index contributed by atoms with van der Waals surface area (Å²) in [6.07, 6.45) is 0.469. The van der Waals surface area contributed by atoms with E-state index in [-0.39, 0.29) is 37.7 Å². The van der Waals surface area contributed by atoms with Crippen LogP contribution in [0.1, 0.15) is 33.6 Å². The molecule has 0 radical (unpaired) electrons. The van der Waals surface area contributed by atoms with Gasteiger partial charge in [-0.2, -0.15) is 0 Å². The zero-order chi connectivity index (χ0) is 13.4. The molecule has 100 valence electrons. The predicted octanol–water partition coefficient (Wildman–Crippen LogP) is 0.652. The van der Waals surface area contributed by atoms with E-state index in [0.29, 0.717) is 6.42 Å². The first-order valence-electron chi connectivity index (χ1n) is 5.82. The Labute approximate surface area is 102 Å². The summed E-state index contributed by atoms with van der Waals surface area (Å²) in [4.78, 5) is 23.9. The van der Waals surface area contributed by atoms with Crippen LogP contribution in [-0.2, 0) is 4.79 Å². The summed E-state index contributed by atoms with van der Waals surface area (Å²) >= 11 is 0. The average Bonchev–Trinajstić information content (AvgIpc) is 2.23. The van der Waals surface area contributed by atoms with Gasteiger partial charge in [0.05, 0.1) is 13.0 Å². The van der Waals surface area contributed by atoms with Crippen molar-refractivity contribution >= 4 is 12.0 Å². The van der Waals surface area contributed by atoms with Gasteiger partial charge in [0, 0.05) is 18.6 Å². The number of hydrogen-bond acceptors (Lipinski definition) is 3. The first-order valence-corrected chi connectivity index (χ1v) is 5.82. The van der Waals surface area contributed by atoms with Gasteiger partial charge in [-0.15, -0.1) is 0 Å². The van der Waals surface area contributed by atoms with E-state index in [2.05, 4.69) is 5.32 Å². The highest BCUT2D eigenvalue weighted by molar-refractivity contribution is 5.76. The quantitative estimate of drug-likeness (QED) is 0.615. The maximum atomic E-state index is 11.8. The lowest BCUT2D eigenvalue weighted by atomic mass is 10.1. The van der Waals surface area contributed by atoms with E-state index < -0.39 is 5.97 Å². The fraction of sp³-hybridized carbons (Fsp3) is 0.818. The number of urea groups is 1. The highest BCUT2D eigenvalue weighted by Gasteiger charge is 2.20. The second-order valence-electron chi connectivity index (χ2n) is 4.16. The molecule has 3 N–H and O–H groups in total. The summed E-state index contributed by atoms with van der Waals surface area (Å²) in [5.41, 5.74) is 0. The number of aliphatic hydroxyl groups excluding tert-OH is 1. The largest absolute Gasteiger partial charge is 0.481 e. The number of aliphatic hydroxyl groups is 1. The number of nitrogens with zero attached hydrogens (tertiary/aromatic N) is 1. The van der Waals surface area contributed by atoms with Crippen LogP contribution in [0, 0.1) is 0 Å². The van der Waals surface area contributed by atoms with Crippen molar-refractivity contribution < 1.29 is 19.8 Å². The zero-order valence-corrected chi connectivity index (χ0v) is 10.6. The molecule has 0 rings (SSSR count). The molecule has 0 aromatic rings. The van der Waals surface area contributed by atoms with Gasteiger partial charge in [-0.05, 0) is 20.3 Å². The Morgan fingerprint density at radius 2 is 1.94 bits per heavy atom. The van der Waals surface area contributed by atoms with Crippen molar-refractivity contribution in [3.8, 4) is 0 Å². The van der Waals surface area contributed by atoms with Gasteiger partial charge < -0.3 is 20.4 Å². The van der Waals surface area contributed by atoms with Crippen molar-refractivity contribution in [3.63, 3.8) is 0 Å². The fourth-order valence-electron chi connectivity index (χ4n) is 1.47. The molecule has 0 saturated carbocycles. The number of hydrogen-bond donors (Lipinski definition) is 3. The predicted molar refractivity (Wildman–Crippen MR) is 63.8 cm³/mol. The van der Waals surface area contributed by atoms with Crippen LogP contribution in [0.4, 0.5) is 4.79 Å². The molecule has 6 nitrogen and oxygen atoms in total. The van der Waals surface area contributed by atoms with Gasteiger partial charge in [-0.3, -0.25) is 4.79 Å². The van der Waals surface area contributed by atoms with Crippen molar-refractivity contribution in [2.24, 2.45) is 0 Å². The van der Waals surface area contributed by atoms with Gasteiger partial charge in [-0.25, -0.2) is 4.79 Å². The molecule has 0 saturated heterocycles. The van der Waals surface area contributed by atoms with Crippen LogP contribution in [0.3, 0.4) is 0 Å². The minimum absolute atomic E-state index is 0.0375. The second kappa shape index (κ2) is 7.89. The molecule has 2 amide bonds. The van der Waals surface area contributed by atoms with Crippen molar-refractivity contribution in [1.82, 2.24) is 10.2 Å². The van der Waals surface area contributed by atoms with Crippen LogP contribution >= 0.6 is 0 Å². The SMILES string of the molecule is CCC(CC(=O)O)NC(=O)N(CCO)C(C)C. The van der Waals surface area contributed by atoms with Crippen LogP contribution in [0.2, 0.25) is 0 Å². The number of carboxylic acid groups (broad SMARTS) is 1. The molecule has 0 aliphatic rings. The summed E-state index contributed by atoms with van der Waals surface area (Å²) in [5, 5.41) is 20.2. The lowest BCUT2D eigenvalue weighted by Crippen LogP contribution is -2.49. The molecule has 0 aromatic carbocycles. The van der Waals surface area contributed by atoms with Crippen LogP contribution in [0.25, 0.3) is 0 Å². The lowest BCUT2D eigenvalue weighted by Gasteiger charge is -2.28. The van der Waals surface area contributed by atoms with E-state index in [9.17, 15) is 9.59 Å². The van der Waals surface area contributed by atoms with E-state index >= 15 is 0 Å². The number of amides is 2. The summed E-state index contributed by atoms with van der Waals surface area (Å²) < 4.78 is 0. The number of rotatable bonds is 7. The molecule has 0 spiro atoms. The molecule has 0 bridgehead atoms. The van der Waals surface area contributed by atoms with Gasteiger partial charge in [0.1, 0.15) is 0 Å². The molecule has 0 heterocycles. The van der Waals surface area contributed by atoms with Gasteiger partial charge in [-0.1, -0.05) is 6.92 Å². The zero-order valence-electron chi connectivity index (χ0n) is 10.6. The summed E-state index contributed by atoms with van der Waals surface area (Å²) in [6, 6.07) is -0.744. The molecule has 6 heteroatoms. The minimum atomic E-state index is -0.935. The highest BCUT2D eigenvalue weighted by Crippen LogP contribution is 2.03. The van der Waals surface area contributed by atoms with Crippen LogP contribution in [0.15, 0.2) is 0 Å². The van der Waals surface area contributed by atoms with E-state index in [1.807, 2.05) is 20.8 Å². The topological polar surface area (TPSA) is 89.9 Å². The number of carbonyl (C=O) groups is 2. The molecular weight excluding hydrogens is 224 g/mol. The summed E-state index contributed by atoms with van der Waals surface area (Å²) in [7, 11) is 0. The smallest absolute Gasteiger partial charge is 0.317 e. The number of carbonyl (C=O) groups excluding carboxylic acids is 1. The first-order chi connectivity index (χ1) is 7.92. The minimum Gasteiger partial charge on any atom is -0.481 e. The molecule has 0 fully saturated rings. The fourth-order valence-corrected chi connectivity index (χ4v) is 1.47. The molecule has 1 atom stereocenters. The Bertz CT molecular complexity index is 256. The average molecular weight is 246 g/mol. The summed E-state index contributed by atoms with van der Waals surface area (Å²) in [5.74, 6) is -0.935. The third kappa shape index (κ3) is 6.11. The molecule has 0 aliphatic carbocycles. The van der Waals surface area contributed by atoms with Gasteiger partial charge in [0.25, 0.3) is 0 Å². The highest BCUT2D eigenvalue weighted by atomic mass is 16.4. The molecule has 0 aromatic heterocycles. The molecule has 17 heavy (non-hydrogen) atoms. The van der Waals surface area contributed by atoms with E-state index in [1.54, 1.807) is 0 Å². The van der Waals surface area contributed by atoms with Crippen LogP contribution in [0.5, 0.6) is 0 Å². The standard InChI is InChI=1S/C11H22N2O4/c1-4-9(7-10(15)16)12-11(17)13(5-6-14)8(2)3/h8-9,14H,4-7H2,1-3H3,(H,12,17)(H,15,16). The van der Waals surface area contributed by atoms with E-state index in [4.69, 9.17) is 10.2 Å². The Balaban J connectivity index is 4.40. The number of carboxylic acids is 1. The van der Waals surface area contributed by atoms with Gasteiger partial charge in [0.15, 0.2) is 0 Å². The van der Waals surface area contributed by atoms with Crippen LogP contribution in [-0.4, -0.2) is 52.3 Å². The van der Waals surface area contributed by atoms with E-state index in [1.165, 1.54) is 4.90 Å². The van der Waals surface area contributed by atoms with Crippen molar-refractivity contribution in [3.05, 3.63) is 0 Å². The second-order valence-corrected chi connectivity index (χ2v) is 4.16. The normalized spacial score (nSPS) is 12.3. The Morgan fingerprint density at radius 3 is 2.29 bits per heavy atom. The lowest BCUT2D eigenvalue weighted by molar-refractivity contribution is -0.137. The molecule has 1 unspecified atom stereocenters. The Morgan fingerprint density at radius 1 is 1.35 bits per heavy atom. The maximum Gasteiger partial charge on any atom is 0.317 e. The summed E-state index contributed by atoms with van der Waals surface area (Å²) in [6.45, 7) is 5.63. The van der Waals surface area contributed by atoms with Gasteiger partial charge >= 0.3 is 12.0 Å². The Hall–Kier alpha value is -1.30. The van der Waals surface area contributed by atoms with Crippen molar-refractivity contribution in [2.75, 3.05) is 13.2 Å². The number of aliphatic carboxylic acids is 1. The van der Waals surface area contributed by atoms with Gasteiger partial charge in [0.2, 0.25) is 0 Å². The third-order valence-electron chi connectivity index (χ3n) is 2.47. The third-order valence-corrected chi connectivity index (χ3v) is 2.47. The van der Waals surface area contributed by atoms with Crippen LogP contribution < -0.4 is 5.32 Å². The van der Waals surface area contributed by atoms with Crippen molar-refractivity contribution in [1.29, 1.82) is 0 Å². The molecular formula is C11H22N2O4. The number of nitrogens with one attached hydrogen (secondary N) is 1. The van der Waals surface area contributed by atoms with Crippen molar-refractivity contribution in [2.45, 2.75) is 45.7 Å². The van der Waals surface area contributed by atoms with E-state index in [0.717, 1.165) is 0 Å². The Kier molecular flexibility index (Phi) is 7.29.